The van der Waals surface area contributed by atoms with E-state index in [1.54, 1.807) is 0 Å². The number of pyridine rings is 1. The van der Waals surface area contributed by atoms with Gasteiger partial charge in [-0.1, -0.05) is 164 Å². The molecule has 7 aromatic heterocycles. The highest BCUT2D eigenvalue weighted by Gasteiger charge is 2.27. The molecule has 0 bridgehead atoms. The van der Waals surface area contributed by atoms with Gasteiger partial charge in [0, 0.05) is 92.9 Å². The largest absolute Gasteiger partial charge is 0.309 e. The van der Waals surface area contributed by atoms with Crippen molar-refractivity contribution in [3.63, 3.8) is 0 Å². The lowest BCUT2D eigenvalue weighted by Gasteiger charge is -2.22. The van der Waals surface area contributed by atoms with Gasteiger partial charge in [-0.3, -0.25) is 4.98 Å². The third-order valence-corrected chi connectivity index (χ3v) is 19.9. The van der Waals surface area contributed by atoms with Gasteiger partial charge in [0.1, 0.15) is 0 Å². The topological polar surface area (TPSA) is 42.5 Å². The van der Waals surface area contributed by atoms with Gasteiger partial charge in [-0.15, -0.1) is 0 Å². The summed E-state index contributed by atoms with van der Waals surface area (Å²) in [5.41, 5.74) is 24.8. The van der Waals surface area contributed by atoms with E-state index in [1.165, 1.54) is 104 Å². The van der Waals surface area contributed by atoms with Crippen molar-refractivity contribution in [1.29, 1.82) is 0 Å². The zero-order valence-corrected chi connectivity index (χ0v) is 50.4. The van der Waals surface area contributed by atoms with Gasteiger partial charge >= 0.3 is 0 Å². The van der Waals surface area contributed by atoms with Crippen LogP contribution in [-0.2, 0) is 0 Å². The molecular formula is C85H55N7. The molecule has 0 aliphatic rings. The van der Waals surface area contributed by atoms with Crippen LogP contribution in [0.1, 0.15) is 11.1 Å². The molecule has 0 saturated carbocycles. The monoisotopic (exact) mass is 1170 g/mol. The second-order valence-corrected chi connectivity index (χ2v) is 24.8. The van der Waals surface area contributed by atoms with E-state index < -0.39 is 0 Å². The van der Waals surface area contributed by atoms with Crippen LogP contribution in [0.4, 0.5) is 0 Å². The summed E-state index contributed by atoms with van der Waals surface area (Å²) in [6.07, 6.45) is 4.22. The minimum absolute atomic E-state index is 0.993. The maximum Gasteiger partial charge on any atom is 0.0745 e. The van der Waals surface area contributed by atoms with Crippen molar-refractivity contribution in [3.05, 3.63) is 309 Å². The Labute approximate surface area is 527 Å². The third-order valence-electron chi connectivity index (χ3n) is 19.9. The van der Waals surface area contributed by atoms with E-state index in [4.69, 9.17) is 4.98 Å². The molecule has 0 spiro atoms. The van der Waals surface area contributed by atoms with Crippen LogP contribution in [0.15, 0.2) is 298 Å². The van der Waals surface area contributed by atoms with E-state index in [2.05, 4.69) is 339 Å². The summed E-state index contributed by atoms with van der Waals surface area (Å²) in [5, 5.41) is 14.4. The fourth-order valence-electron chi connectivity index (χ4n) is 16.1. The first-order chi connectivity index (χ1) is 45.5. The van der Waals surface area contributed by atoms with Crippen LogP contribution in [0.2, 0.25) is 0 Å². The number of aryl methyl sites for hydroxylation is 2. The first kappa shape index (κ1) is 50.8. The van der Waals surface area contributed by atoms with Crippen LogP contribution in [-0.4, -0.2) is 32.4 Å². The number of benzene rings is 13. The van der Waals surface area contributed by atoms with E-state index in [1.807, 2.05) is 0 Å². The summed E-state index contributed by atoms with van der Waals surface area (Å²) in [4.78, 5) is 5.42. The van der Waals surface area contributed by atoms with E-state index in [-0.39, 0.29) is 0 Å². The Balaban J connectivity index is 0.893. The highest BCUT2D eigenvalue weighted by molar-refractivity contribution is 6.17. The maximum atomic E-state index is 5.42. The van der Waals surface area contributed by atoms with Gasteiger partial charge in [-0.2, -0.15) is 0 Å². The molecule has 0 atom stereocenters. The molecule has 0 aliphatic heterocycles. The summed E-state index contributed by atoms with van der Waals surface area (Å²) in [6.45, 7) is 4.53. The summed E-state index contributed by atoms with van der Waals surface area (Å²) in [5.74, 6) is 0. The Morgan fingerprint density at radius 2 is 0.413 bits per heavy atom. The Morgan fingerprint density at radius 3 is 0.652 bits per heavy atom. The van der Waals surface area contributed by atoms with Gasteiger partial charge in [0.2, 0.25) is 0 Å². The summed E-state index contributed by atoms with van der Waals surface area (Å²) in [6, 6.07) is 106. The average Bonchev–Trinajstić information content (AvgIpc) is 1.54. The van der Waals surface area contributed by atoms with Gasteiger partial charge in [0.05, 0.1) is 90.0 Å². The zero-order chi connectivity index (χ0) is 60.4. The number of para-hydroxylation sites is 8. The minimum atomic E-state index is 0.993. The predicted octanol–water partition coefficient (Wildman–Crippen LogP) is 21.9. The lowest BCUT2D eigenvalue weighted by molar-refractivity contribution is 1.09. The van der Waals surface area contributed by atoms with Gasteiger partial charge in [-0.25, -0.2) is 0 Å². The van der Waals surface area contributed by atoms with Gasteiger partial charge in [-0.05, 0) is 152 Å². The molecule has 0 unspecified atom stereocenters. The maximum absolute atomic E-state index is 5.42. The van der Waals surface area contributed by atoms with E-state index in [0.29, 0.717) is 0 Å². The fourth-order valence-corrected chi connectivity index (χ4v) is 16.1. The lowest BCUT2D eigenvalue weighted by atomic mass is 9.93. The summed E-state index contributed by atoms with van der Waals surface area (Å²) in [7, 11) is 0. The summed E-state index contributed by atoms with van der Waals surface area (Å²) >= 11 is 0. The molecule has 0 aliphatic carbocycles. The number of hydrogen-bond acceptors (Lipinski definition) is 1. The van der Waals surface area contributed by atoms with Crippen LogP contribution >= 0.6 is 0 Å². The van der Waals surface area contributed by atoms with Crippen molar-refractivity contribution in [2.75, 3.05) is 0 Å². The predicted molar refractivity (Wildman–Crippen MR) is 385 cm³/mol. The average molecular weight is 1170 g/mol. The molecular weight excluding hydrogens is 1120 g/mol. The molecule has 0 saturated heterocycles. The van der Waals surface area contributed by atoms with E-state index in [9.17, 15) is 0 Å². The van der Waals surface area contributed by atoms with Crippen molar-refractivity contribution < 1.29 is 0 Å². The smallest absolute Gasteiger partial charge is 0.0745 e. The second kappa shape index (κ2) is 19.2. The Hall–Kier alpha value is -12.2. The van der Waals surface area contributed by atoms with Gasteiger partial charge < -0.3 is 27.4 Å². The molecule has 7 nitrogen and oxygen atoms in total. The van der Waals surface area contributed by atoms with Crippen molar-refractivity contribution in [1.82, 2.24) is 32.4 Å². The molecule has 92 heavy (non-hydrogen) atoms. The third kappa shape index (κ3) is 7.02. The molecule has 0 N–H and O–H groups in total. The number of rotatable bonds is 7. The number of hydrogen-bond donors (Lipinski definition) is 0. The first-order valence-electron chi connectivity index (χ1n) is 31.7. The number of nitrogens with zero attached hydrogens (tertiary/aromatic N) is 7. The van der Waals surface area contributed by atoms with Crippen LogP contribution in [0.3, 0.4) is 0 Å². The highest BCUT2D eigenvalue weighted by atomic mass is 15.1. The normalized spacial score (nSPS) is 12.2. The van der Waals surface area contributed by atoms with Crippen LogP contribution < -0.4 is 0 Å². The second-order valence-electron chi connectivity index (χ2n) is 24.8. The molecule has 7 heteroatoms. The first-order valence-corrected chi connectivity index (χ1v) is 31.7. The standard InChI is InChI=1S/C85H55N7/c1-52-20-19-21-53(2)84(52)85-82(91-78-42-38-54(87-70-30-11-3-22-58(70)59-23-4-12-31-71(59)87)46-66(78)67-47-55(39-43-79(67)91)88-72-32-13-5-24-60(72)61-25-6-14-33-73(61)88)50-86-51-83(85)92-80-44-40-56(89-74-34-15-7-26-62(74)63-27-8-16-35-75(63)89)48-68(80)69-49-57(41-45-81(69)92)90-76-36-17-9-28-64(76)65-29-10-18-37-77(65)90/h3-51H,1-2H3. The van der Waals surface area contributed by atoms with E-state index in [0.717, 1.165) is 83.3 Å². The molecule has 13 aromatic carbocycles. The van der Waals surface area contributed by atoms with Gasteiger partial charge in [0.25, 0.3) is 0 Å². The van der Waals surface area contributed by atoms with Crippen molar-refractivity contribution in [2.45, 2.75) is 13.8 Å². The quantitative estimate of drug-likeness (QED) is 0.157. The number of aromatic nitrogens is 7. The van der Waals surface area contributed by atoms with Crippen LogP contribution in [0.5, 0.6) is 0 Å². The van der Waals surface area contributed by atoms with Gasteiger partial charge in [0.15, 0.2) is 0 Å². The minimum Gasteiger partial charge on any atom is -0.309 e. The van der Waals surface area contributed by atoms with Crippen molar-refractivity contribution >= 4 is 131 Å². The molecule has 430 valence electrons. The molecule has 0 radical (unpaired) electrons. The highest BCUT2D eigenvalue weighted by Crippen LogP contribution is 2.47. The lowest BCUT2D eigenvalue weighted by Crippen LogP contribution is -2.06. The molecule has 0 fully saturated rings. The molecule has 20 aromatic rings. The Kier molecular flexibility index (Phi) is 10.6. The Morgan fingerprint density at radius 1 is 0.196 bits per heavy atom. The van der Waals surface area contributed by atoms with E-state index >= 15 is 0 Å². The van der Waals surface area contributed by atoms with Crippen LogP contribution in [0, 0.1) is 13.8 Å². The Bertz CT molecular complexity index is 5610. The zero-order valence-electron chi connectivity index (χ0n) is 50.4. The van der Waals surface area contributed by atoms with Crippen molar-refractivity contribution in [3.8, 4) is 45.3 Å². The SMILES string of the molecule is Cc1cccc(C)c1-c1c(-n2c3ccc(-n4c5ccccc5c5ccccc54)cc3c3cc(-n4c5ccccc5c5ccccc54)ccc32)cncc1-n1c2ccc(-n3c4ccccc4c4ccccc43)cc2c2cc(-n3c4ccccc4c4ccccc43)ccc21. The number of fused-ring (bicyclic) bond motifs is 18. The molecule has 20 rings (SSSR count). The van der Waals surface area contributed by atoms with Crippen molar-refractivity contribution in [2.24, 2.45) is 0 Å². The summed E-state index contributed by atoms with van der Waals surface area (Å²) < 4.78 is 14.8. The fraction of sp³-hybridized carbons (Fsp3) is 0.0235. The molecule has 0 amide bonds. The van der Waals surface area contributed by atoms with Crippen LogP contribution in [0.25, 0.3) is 176 Å². The molecule has 7 heterocycles.